The second kappa shape index (κ2) is 8.45. The number of aromatic nitrogens is 1. The summed E-state index contributed by atoms with van der Waals surface area (Å²) in [4.78, 5) is 18.0. The van der Waals surface area contributed by atoms with Gasteiger partial charge < -0.3 is 19.7 Å². The molecule has 2 N–H and O–H groups in total. The first-order chi connectivity index (χ1) is 14.5. The molecule has 0 unspecified atom stereocenters. The summed E-state index contributed by atoms with van der Waals surface area (Å²) in [6.07, 6.45) is 2.68. The molecule has 1 saturated heterocycles. The maximum atomic E-state index is 11.4. The Morgan fingerprint density at radius 2 is 2.13 bits per heavy atom. The van der Waals surface area contributed by atoms with Crippen LogP contribution in [0.2, 0.25) is 5.02 Å². The number of furan rings is 1. The van der Waals surface area contributed by atoms with Crippen LogP contribution in [0.5, 0.6) is 0 Å². The number of thiocarbonyl (C=S) groups is 1. The summed E-state index contributed by atoms with van der Waals surface area (Å²) in [5, 5.41) is 13.7. The topological polar surface area (TPSA) is 78.6 Å². The minimum Gasteiger partial charge on any atom is -0.478 e. The number of hydrogen-bond acceptors (Lipinski definition) is 4. The zero-order valence-electron chi connectivity index (χ0n) is 16.2. The summed E-state index contributed by atoms with van der Waals surface area (Å²) in [7, 11) is 0. The normalized spacial score (nSPS) is 18.5. The van der Waals surface area contributed by atoms with Gasteiger partial charge in [-0.1, -0.05) is 24.6 Å². The third-order valence-electron chi connectivity index (χ3n) is 5.06. The number of nitrogens with zero attached hydrogens (tertiary/aromatic N) is 2. The van der Waals surface area contributed by atoms with Crippen molar-refractivity contribution in [2.24, 2.45) is 0 Å². The zero-order valence-corrected chi connectivity index (χ0v) is 17.8. The highest BCUT2D eigenvalue weighted by molar-refractivity contribution is 7.80. The summed E-state index contributed by atoms with van der Waals surface area (Å²) in [5.41, 5.74) is 1.55. The van der Waals surface area contributed by atoms with E-state index in [-0.39, 0.29) is 17.6 Å². The minimum atomic E-state index is -1.02. The molecule has 2 aromatic heterocycles. The van der Waals surface area contributed by atoms with Crippen molar-refractivity contribution in [1.82, 2.24) is 15.2 Å². The smallest absolute Gasteiger partial charge is 0.335 e. The van der Waals surface area contributed by atoms with Crippen LogP contribution in [-0.4, -0.2) is 32.6 Å². The van der Waals surface area contributed by atoms with Crippen molar-refractivity contribution in [2.45, 2.75) is 25.4 Å². The number of nitrogens with one attached hydrogen (secondary N) is 1. The summed E-state index contributed by atoms with van der Waals surface area (Å²) in [6.45, 7) is 2.86. The van der Waals surface area contributed by atoms with Gasteiger partial charge in [0.15, 0.2) is 5.11 Å². The Kier molecular flexibility index (Phi) is 5.74. The molecule has 1 aliphatic rings. The molecule has 0 radical (unpaired) electrons. The lowest BCUT2D eigenvalue weighted by molar-refractivity contribution is 0.0697. The number of hydrogen-bond donors (Lipinski definition) is 2. The molecular formula is C22H20ClN3O3S. The SMILES string of the molecule is CCCN1C(=S)N[C@H](c2ccccn2)[C@@H]1c1ccc(-c2cc(C(=O)O)ccc2Cl)o1. The molecule has 0 spiro atoms. The van der Waals surface area contributed by atoms with Crippen LogP contribution in [0.1, 0.15) is 47.2 Å². The van der Waals surface area contributed by atoms with Crippen LogP contribution in [0.3, 0.4) is 0 Å². The number of carbonyl (C=O) groups is 1. The molecular weight excluding hydrogens is 422 g/mol. The van der Waals surface area contributed by atoms with E-state index >= 15 is 0 Å². The van der Waals surface area contributed by atoms with Crippen molar-refractivity contribution >= 4 is 34.9 Å². The molecule has 1 aliphatic heterocycles. The lowest BCUT2D eigenvalue weighted by Gasteiger charge is -2.25. The highest BCUT2D eigenvalue weighted by Gasteiger charge is 2.41. The Morgan fingerprint density at radius 1 is 1.30 bits per heavy atom. The lowest BCUT2D eigenvalue weighted by atomic mass is 10.0. The molecule has 2 atom stereocenters. The number of rotatable bonds is 6. The predicted molar refractivity (Wildman–Crippen MR) is 119 cm³/mol. The Morgan fingerprint density at radius 3 is 2.83 bits per heavy atom. The molecule has 3 aromatic rings. The van der Waals surface area contributed by atoms with Crippen molar-refractivity contribution in [3.8, 4) is 11.3 Å². The molecule has 0 saturated carbocycles. The molecule has 8 heteroatoms. The van der Waals surface area contributed by atoms with Gasteiger partial charge in [-0.25, -0.2) is 4.79 Å². The van der Waals surface area contributed by atoms with Crippen LogP contribution in [0.4, 0.5) is 0 Å². The molecule has 154 valence electrons. The molecule has 1 fully saturated rings. The van der Waals surface area contributed by atoms with Gasteiger partial charge in [-0.2, -0.15) is 0 Å². The van der Waals surface area contributed by atoms with Crippen LogP contribution in [-0.2, 0) is 0 Å². The largest absolute Gasteiger partial charge is 0.478 e. The van der Waals surface area contributed by atoms with Crippen LogP contribution < -0.4 is 5.32 Å². The summed E-state index contributed by atoms with van der Waals surface area (Å²) >= 11 is 11.9. The van der Waals surface area contributed by atoms with Gasteiger partial charge in [0.05, 0.1) is 22.3 Å². The van der Waals surface area contributed by atoms with Crippen molar-refractivity contribution in [2.75, 3.05) is 6.54 Å². The van der Waals surface area contributed by atoms with E-state index in [1.165, 1.54) is 12.1 Å². The number of benzene rings is 1. The maximum Gasteiger partial charge on any atom is 0.335 e. The summed E-state index contributed by atoms with van der Waals surface area (Å²) in [5.74, 6) is 0.194. The van der Waals surface area contributed by atoms with E-state index in [1.54, 1.807) is 12.3 Å². The Bertz CT molecular complexity index is 1090. The van der Waals surface area contributed by atoms with Gasteiger partial charge in [0.25, 0.3) is 0 Å². The van der Waals surface area contributed by atoms with E-state index in [4.69, 9.17) is 28.2 Å². The Labute approximate surface area is 184 Å². The van der Waals surface area contributed by atoms with Crippen LogP contribution in [0, 0.1) is 0 Å². The van der Waals surface area contributed by atoms with Gasteiger partial charge >= 0.3 is 5.97 Å². The predicted octanol–water partition coefficient (Wildman–Crippen LogP) is 5.08. The zero-order chi connectivity index (χ0) is 21.3. The molecule has 30 heavy (non-hydrogen) atoms. The fourth-order valence-corrected chi connectivity index (χ4v) is 4.24. The quantitative estimate of drug-likeness (QED) is 0.516. The van der Waals surface area contributed by atoms with Gasteiger partial charge in [0, 0.05) is 18.3 Å². The fourth-order valence-electron chi connectivity index (χ4n) is 3.70. The van der Waals surface area contributed by atoms with Gasteiger partial charge in [0.1, 0.15) is 17.6 Å². The van der Waals surface area contributed by atoms with Crippen molar-refractivity contribution < 1.29 is 14.3 Å². The first-order valence-corrected chi connectivity index (χ1v) is 10.4. The maximum absolute atomic E-state index is 11.4. The van der Waals surface area contributed by atoms with Gasteiger partial charge in [0.2, 0.25) is 0 Å². The summed E-state index contributed by atoms with van der Waals surface area (Å²) < 4.78 is 6.20. The molecule has 1 aromatic carbocycles. The first-order valence-electron chi connectivity index (χ1n) is 9.60. The van der Waals surface area contributed by atoms with E-state index in [0.717, 1.165) is 18.7 Å². The standard InChI is InChI=1S/C22H20ClN3O3S/c1-2-11-26-20(19(25-22(26)30)16-5-3-4-10-24-16)18-9-8-17(29-18)14-12-13(21(27)28)6-7-15(14)23/h3-10,12,19-20H,2,11H2,1H3,(H,25,30)(H,27,28)/t19-,20+/m1/s1. The molecule has 6 nitrogen and oxygen atoms in total. The van der Waals surface area contributed by atoms with E-state index in [2.05, 4.69) is 22.1 Å². The van der Waals surface area contributed by atoms with Gasteiger partial charge in [-0.05, 0) is 61.1 Å². The van der Waals surface area contributed by atoms with E-state index in [9.17, 15) is 9.90 Å². The van der Waals surface area contributed by atoms with Crippen LogP contribution >= 0.6 is 23.8 Å². The lowest BCUT2D eigenvalue weighted by Crippen LogP contribution is -2.30. The van der Waals surface area contributed by atoms with E-state index in [1.807, 2.05) is 30.3 Å². The molecule has 4 rings (SSSR count). The third-order valence-corrected chi connectivity index (χ3v) is 5.74. The van der Waals surface area contributed by atoms with Crippen molar-refractivity contribution in [1.29, 1.82) is 0 Å². The van der Waals surface area contributed by atoms with Crippen LogP contribution in [0.15, 0.2) is 59.1 Å². The number of aromatic carboxylic acids is 1. The van der Waals surface area contributed by atoms with Gasteiger partial charge in [-0.15, -0.1) is 0 Å². The Balaban J connectivity index is 1.75. The van der Waals surface area contributed by atoms with Crippen molar-refractivity contribution in [3.63, 3.8) is 0 Å². The molecule has 0 amide bonds. The molecule has 0 aliphatic carbocycles. The van der Waals surface area contributed by atoms with Crippen LogP contribution in [0.25, 0.3) is 11.3 Å². The number of carboxylic acids is 1. The number of halogens is 1. The van der Waals surface area contributed by atoms with Gasteiger partial charge in [-0.3, -0.25) is 4.98 Å². The number of carboxylic acid groups (broad SMARTS) is 1. The third kappa shape index (κ3) is 3.78. The fraction of sp³-hybridized carbons (Fsp3) is 0.227. The first kappa shape index (κ1) is 20.4. The number of pyridine rings is 1. The molecule has 3 heterocycles. The highest BCUT2D eigenvalue weighted by atomic mass is 35.5. The average molecular weight is 442 g/mol. The van der Waals surface area contributed by atoms with Crippen molar-refractivity contribution in [3.05, 3.63) is 76.8 Å². The highest BCUT2D eigenvalue weighted by Crippen LogP contribution is 2.41. The minimum absolute atomic E-state index is 0.148. The van der Waals surface area contributed by atoms with E-state index < -0.39 is 5.97 Å². The Hall–Kier alpha value is -2.90. The van der Waals surface area contributed by atoms with E-state index in [0.29, 0.717) is 27.2 Å². The molecule has 0 bridgehead atoms. The average Bonchev–Trinajstić information content (AvgIpc) is 3.34. The monoisotopic (exact) mass is 441 g/mol. The summed E-state index contributed by atoms with van der Waals surface area (Å²) in [6, 6.07) is 13.7. The second-order valence-electron chi connectivity index (χ2n) is 7.02. The second-order valence-corrected chi connectivity index (χ2v) is 7.82.